The Morgan fingerprint density at radius 3 is 2.61 bits per heavy atom. The summed E-state index contributed by atoms with van der Waals surface area (Å²) >= 11 is 0. The van der Waals surface area contributed by atoms with Crippen LogP contribution in [0.25, 0.3) is 0 Å². The first-order valence-electron chi connectivity index (χ1n) is 7.16. The van der Waals surface area contributed by atoms with Crippen molar-refractivity contribution in [2.45, 2.75) is 51.3 Å². The highest BCUT2D eigenvalue weighted by Crippen LogP contribution is 2.13. The van der Waals surface area contributed by atoms with Crippen LogP contribution in [0.1, 0.15) is 33.1 Å². The highest BCUT2D eigenvalue weighted by Gasteiger charge is 2.19. The van der Waals surface area contributed by atoms with Gasteiger partial charge >= 0.3 is 0 Å². The van der Waals surface area contributed by atoms with Gasteiger partial charge in [-0.1, -0.05) is 0 Å². The van der Waals surface area contributed by atoms with Gasteiger partial charge in [-0.3, -0.25) is 0 Å². The van der Waals surface area contributed by atoms with Crippen LogP contribution in [0, 0.1) is 0 Å². The van der Waals surface area contributed by atoms with Crippen LogP contribution in [-0.4, -0.2) is 63.5 Å². The zero-order valence-electron chi connectivity index (χ0n) is 12.4. The lowest BCUT2D eigenvalue weighted by atomic mass is 10.1. The number of nitrogens with zero attached hydrogens (tertiary/aromatic N) is 1. The molecule has 0 saturated carbocycles. The van der Waals surface area contributed by atoms with Crippen LogP contribution in [0.3, 0.4) is 0 Å². The van der Waals surface area contributed by atoms with Crippen molar-refractivity contribution in [2.24, 2.45) is 0 Å². The first-order chi connectivity index (χ1) is 8.67. The minimum atomic E-state index is 0.166. The molecule has 1 fully saturated rings. The van der Waals surface area contributed by atoms with E-state index in [9.17, 15) is 0 Å². The molecule has 1 aliphatic rings. The van der Waals surface area contributed by atoms with Gasteiger partial charge in [0, 0.05) is 32.8 Å². The molecular formula is C14H30N2O2. The van der Waals surface area contributed by atoms with Gasteiger partial charge < -0.3 is 19.7 Å². The molecule has 0 aromatic carbocycles. The number of hydrogen-bond donors (Lipinski definition) is 1. The molecule has 1 aliphatic heterocycles. The van der Waals surface area contributed by atoms with Crippen LogP contribution in [0.2, 0.25) is 0 Å². The Kier molecular flexibility index (Phi) is 7.82. The van der Waals surface area contributed by atoms with Gasteiger partial charge in [-0.15, -0.1) is 0 Å². The molecule has 18 heavy (non-hydrogen) atoms. The van der Waals surface area contributed by atoms with Gasteiger partial charge in [-0.25, -0.2) is 0 Å². The van der Waals surface area contributed by atoms with Crippen molar-refractivity contribution in [2.75, 3.05) is 40.5 Å². The van der Waals surface area contributed by atoms with E-state index >= 15 is 0 Å². The fourth-order valence-electron chi connectivity index (χ4n) is 2.53. The highest BCUT2D eigenvalue weighted by molar-refractivity contribution is 4.77. The molecule has 0 aromatic rings. The standard InChI is InChI=1S/C14H30N2O2/c1-12(2)16-8-5-6-13(7-9-16)15-10-14(18-4)11-17-3/h12-15H,5-11H2,1-4H3. The summed E-state index contributed by atoms with van der Waals surface area (Å²) in [5.41, 5.74) is 0. The van der Waals surface area contributed by atoms with Gasteiger partial charge in [0.05, 0.1) is 12.7 Å². The molecule has 0 amide bonds. The van der Waals surface area contributed by atoms with Crippen LogP contribution in [0.15, 0.2) is 0 Å². The number of nitrogens with one attached hydrogen (secondary N) is 1. The fourth-order valence-corrected chi connectivity index (χ4v) is 2.53. The molecule has 108 valence electrons. The second kappa shape index (κ2) is 8.86. The summed E-state index contributed by atoms with van der Waals surface area (Å²) in [6, 6.07) is 1.30. The van der Waals surface area contributed by atoms with E-state index in [1.165, 1.54) is 32.4 Å². The summed E-state index contributed by atoms with van der Waals surface area (Å²) in [5, 5.41) is 3.63. The third kappa shape index (κ3) is 5.65. The lowest BCUT2D eigenvalue weighted by Gasteiger charge is -2.24. The minimum absolute atomic E-state index is 0.166. The summed E-state index contributed by atoms with van der Waals surface area (Å²) in [5.74, 6) is 0. The van der Waals surface area contributed by atoms with Crippen molar-refractivity contribution in [3.05, 3.63) is 0 Å². The molecule has 0 radical (unpaired) electrons. The number of ether oxygens (including phenoxy) is 2. The predicted octanol–water partition coefficient (Wildman–Crippen LogP) is 1.50. The Hall–Kier alpha value is -0.160. The van der Waals surface area contributed by atoms with Crippen LogP contribution in [-0.2, 0) is 9.47 Å². The van der Waals surface area contributed by atoms with Crippen LogP contribution in [0.4, 0.5) is 0 Å². The van der Waals surface area contributed by atoms with E-state index in [2.05, 4.69) is 24.1 Å². The van der Waals surface area contributed by atoms with Crippen LogP contribution in [0.5, 0.6) is 0 Å². The SMILES string of the molecule is COCC(CNC1CCCN(C(C)C)CC1)OC. The monoisotopic (exact) mass is 258 g/mol. The topological polar surface area (TPSA) is 33.7 Å². The lowest BCUT2D eigenvalue weighted by Crippen LogP contribution is -2.39. The highest BCUT2D eigenvalue weighted by atomic mass is 16.5. The Labute approximate surface area is 112 Å². The summed E-state index contributed by atoms with van der Waals surface area (Å²) in [6.07, 6.45) is 3.96. The molecule has 2 unspecified atom stereocenters. The Balaban J connectivity index is 2.26. The van der Waals surface area contributed by atoms with Crippen LogP contribution < -0.4 is 5.32 Å². The van der Waals surface area contributed by atoms with Gasteiger partial charge in [-0.05, 0) is 46.2 Å². The maximum absolute atomic E-state index is 5.37. The number of methoxy groups -OCH3 is 2. The van der Waals surface area contributed by atoms with E-state index in [-0.39, 0.29) is 6.10 Å². The average Bonchev–Trinajstić information content (AvgIpc) is 2.60. The van der Waals surface area contributed by atoms with Crippen LogP contribution >= 0.6 is 0 Å². The Morgan fingerprint density at radius 2 is 2.00 bits per heavy atom. The van der Waals surface area contributed by atoms with Crippen molar-refractivity contribution < 1.29 is 9.47 Å². The van der Waals surface area contributed by atoms with Gasteiger partial charge in [0.2, 0.25) is 0 Å². The second-order valence-electron chi connectivity index (χ2n) is 5.48. The quantitative estimate of drug-likeness (QED) is 0.750. The van der Waals surface area contributed by atoms with Gasteiger partial charge in [0.15, 0.2) is 0 Å². The third-order valence-corrected chi connectivity index (χ3v) is 3.81. The smallest absolute Gasteiger partial charge is 0.0928 e. The average molecular weight is 258 g/mol. The van der Waals surface area contributed by atoms with Crippen molar-refractivity contribution >= 4 is 0 Å². The van der Waals surface area contributed by atoms with E-state index in [0.29, 0.717) is 18.7 Å². The molecule has 1 saturated heterocycles. The molecule has 0 aromatic heterocycles. The van der Waals surface area contributed by atoms with Gasteiger partial charge in [0.25, 0.3) is 0 Å². The predicted molar refractivity (Wildman–Crippen MR) is 75.0 cm³/mol. The summed E-state index contributed by atoms with van der Waals surface area (Å²) in [7, 11) is 3.47. The van der Waals surface area contributed by atoms with Gasteiger partial charge in [0.1, 0.15) is 0 Å². The van der Waals surface area contributed by atoms with E-state index in [1.807, 2.05) is 0 Å². The summed E-state index contributed by atoms with van der Waals surface area (Å²) < 4.78 is 10.5. The molecule has 0 spiro atoms. The minimum Gasteiger partial charge on any atom is -0.382 e. The molecule has 1 heterocycles. The van der Waals surface area contributed by atoms with Crippen molar-refractivity contribution in [3.8, 4) is 0 Å². The first kappa shape index (κ1) is 15.9. The Bertz CT molecular complexity index is 212. The van der Waals surface area contributed by atoms with Crippen molar-refractivity contribution in [3.63, 3.8) is 0 Å². The zero-order valence-corrected chi connectivity index (χ0v) is 12.4. The number of likely N-dealkylation sites (tertiary alicyclic amines) is 1. The largest absolute Gasteiger partial charge is 0.382 e. The third-order valence-electron chi connectivity index (χ3n) is 3.81. The summed E-state index contributed by atoms with van der Waals surface area (Å²) in [6.45, 7) is 8.56. The molecule has 2 atom stereocenters. The second-order valence-corrected chi connectivity index (χ2v) is 5.48. The molecule has 0 bridgehead atoms. The van der Waals surface area contributed by atoms with Gasteiger partial charge in [-0.2, -0.15) is 0 Å². The molecule has 4 nitrogen and oxygen atoms in total. The van der Waals surface area contributed by atoms with E-state index in [4.69, 9.17) is 9.47 Å². The summed E-state index contributed by atoms with van der Waals surface area (Å²) in [4.78, 5) is 2.57. The Morgan fingerprint density at radius 1 is 1.22 bits per heavy atom. The maximum Gasteiger partial charge on any atom is 0.0928 e. The molecule has 0 aliphatic carbocycles. The molecule has 4 heteroatoms. The van der Waals surface area contributed by atoms with Crippen molar-refractivity contribution in [1.29, 1.82) is 0 Å². The fraction of sp³-hybridized carbons (Fsp3) is 1.00. The normalized spacial score (nSPS) is 24.2. The first-order valence-corrected chi connectivity index (χ1v) is 7.16. The maximum atomic E-state index is 5.37. The molecule has 1 N–H and O–H groups in total. The van der Waals surface area contributed by atoms with E-state index in [1.54, 1.807) is 14.2 Å². The number of hydrogen-bond acceptors (Lipinski definition) is 4. The van der Waals surface area contributed by atoms with E-state index < -0.39 is 0 Å². The van der Waals surface area contributed by atoms with Crippen molar-refractivity contribution in [1.82, 2.24) is 10.2 Å². The molecule has 1 rings (SSSR count). The zero-order chi connectivity index (χ0) is 13.4. The molecular weight excluding hydrogens is 228 g/mol. The number of rotatable bonds is 7. The lowest BCUT2D eigenvalue weighted by molar-refractivity contribution is 0.0271. The van der Waals surface area contributed by atoms with E-state index in [0.717, 1.165) is 6.54 Å².